The molecule has 1 atom stereocenters. The van der Waals surface area contributed by atoms with Crippen LogP contribution in [-0.4, -0.2) is 27.5 Å². The molecule has 94 valence electrons. The molecule has 17 heavy (non-hydrogen) atoms. The van der Waals surface area contributed by atoms with Crippen LogP contribution in [-0.2, 0) is 10.0 Å². The summed E-state index contributed by atoms with van der Waals surface area (Å²) in [6.45, 7) is 1.67. The van der Waals surface area contributed by atoms with Crippen molar-refractivity contribution in [1.29, 1.82) is 0 Å². The Kier molecular flexibility index (Phi) is 4.19. The van der Waals surface area contributed by atoms with Gasteiger partial charge in [0.2, 0.25) is 10.0 Å². The first kappa shape index (κ1) is 13.0. The van der Waals surface area contributed by atoms with Crippen LogP contribution in [0.15, 0.2) is 33.6 Å². The Balaban J connectivity index is 2.10. The zero-order valence-electron chi connectivity index (χ0n) is 9.32. The van der Waals surface area contributed by atoms with Crippen LogP contribution < -0.4 is 10.0 Å². The Morgan fingerprint density at radius 1 is 1.29 bits per heavy atom. The SMILES string of the molecule is O=S(=O)(N[C@H]1CCCNC1)c1ccc(Br)cc1. The summed E-state index contributed by atoms with van der Waals surface area (Å²) in [7, 11) is -3.39. The molecule has 1 heterocycles. The third-order valence-electron chi connectivity index (χ3n) is 2.74. The molecule has 0 aliphatic carbocycles. The lowest BCUT2D eigenvalue weighted by atomic mass is 10.1. The number of hydrogen-bond acceptors (Lipinski definition) is 3. The van der Waals surface area contributed by atoms with E-state index in [1.54, 1.807) is 24.3 Å². The molecule has 0 amide bonds. The van der Waals surface area contributed by atoms with E-state index in [0.717, 1.165) is 23.9 Å². The smallest absolute Gasteiger partial charge is 0.240 e. The van der Waals surface area contributed by atoms with E-state index >= 15 is 0 Å². The Hall–Kier alpha value is -0.430. The molecule has 1 aliphatic heterocycles. The zero-order chi connectivity index (χ0) is 12.3. The maximum absolute atomic E-state index is 12.1. The molecule has 1 aromatic rings. The van der Waals surface area contributed by atoms with Crippen molar-refractivity contribution in [2.75, 3.05) is 13.1 Å². The van der Waals surface area contributed by atoms with Crippen LogP contribution in [0, 0.1) is 0 Å². The van der Waals surface area contributed by atoms with E-state index in [0.29, 0.717) is 11.4 Å². The van der Waals surface area contributed by atoms with Gasteiger partial charge in [-0.25, -0.2) is 13.1 Å². The molecule has 1 aromatic carbocycles. The summed E-state index contributed by atoms with van der Waals surface area (Å²) in [6.07, 6.45) is 1.90. The standard InChI is InChI=1S/C11H15BrN2O2S/c12-9-3-5-11(6-4-9)17(15,16)14-10-2-1-7-13-8-10/h3-6,10,13-14H,1-2,7-8H2/t10-/m0/s1. The highest BCUT2D eigenvalue weighted by Crippen LogP contribution is 2.15. The molecule has 0 bridgehead atoms. The van der Waals surface area contributed by atoms with E-state index in [1.165, 1.54) is 0 Å². The summed E-state index contributed by atoms with van der Waals surface area (Å²) < 4.78 is 27.7. The summed E-state index contributed by atoms with van der Waals surface area (Å²) in [6, 6.07) is 6.66. The summed E-state index contributed by atoms with van der Waals surface area (Å²) in [5, 5.41) is 3.18. The fourth-order valence-corrected chi connectivity index (χ4v) is 3.39. The Morgan fingerprint density at radius 3 is 2.59 bits per heavy atom. The van der Waals surface area contributed by atoms with Crippen LogP contribution in [0.3, 0.4) is 0 Å². The van der Waals surface area contributed by atoms with Crippen molar-refractivity contribution in [1.82, 2.24) is 10.0 Å². The Morgan fingerprint density at radius 2 is 2.00 bits per heavy atom. The van der Waals surface area contributed by atoms with Crippen molar-refractivity contribution in [2.45, 2.75) is 23.8 Å². The van der Waals surface area contributed by atoms with Gasteiger partial charge in [0.15, 0.2) is 0 Å². The normalized spacial score (nSPS) is 21.4. The van der Waals surface area contributed by atoms with Gasteiger partial charge in [0.1, 0.15) is 0 Å². The Bertz CT molecular complexity index is 467. The lowest BCUT2D eigenvalue weighted by Crippen LogP contribution is -2.45. The molecule has 1 saturated heterocycles. The van der Waals surface area contributed by atoms with Gasteiger partial charge in [-0.15, -0.1) is 0 Å². The minimum absolute atomic E-state index is 0.00241. The molecule has 1 fully saturated rings. The van der Waals surface area contributed by atoms with E-state index in [9.17, 15) is 8.42 Å². The quantitative estimate of drug-likeness (QED) is 0.887. The molecular formula is C11H15BrN2O2S. The number of piperidine rings is 1. The van der Waals surface area contributed by atoms with Gasteiger partial charge in [0.25, 0.3) is 0 Å². The third-order valence-corrected chi connectivity index (χ3v) is 4.81. The Labute approximate surface area is 110 Å². The van der Waals surface area contributed by atoms with Gasteiger partial charge in [0, 0.05) is 17.1 Å². The largest absolute Gasteiger partial charge is 0.315 e. The highest BCUT2D eigenvalue weighted by atomic mass is 79.9. The second kappa shape index (κ2) is 5.48. The van der Waals surface area contributed by atoms with E-state index in [-0.39, 0.29) is 6.04 Å². The summed E-state index contributed by atoms with van der Waals surface area (Å²) in [4.78, 5) is 0.311. The summed E-state index contributed by atoms with van der Waals surface area (Å²) in [5.74, 6) is 0. The van der Waals surface area contributed by atoms with Gasteiger partial charge >= 0.3 is 0 Å². The predicted molar refractivity (Wildman–Crippen MR) is 70.4 cm³/mol. The third kappa shape index (κ3) is 3.51. The lowest BCUT2D eigenvalue weighted by Gasteiger charge is -2.23. The average molecular weight is 319 g/mol. The molecule has 0 spiro atoms. The highest BCUT2D eigenvalue weighted by Gasteiger charge is 2.21. The number of rotatable bonds is 3. The maximum atomic E-state index is 12.1. The summed E-state index contributed by atoms with van der Waals surface area (Å²) >= 11 is 3.29. The van der Waals surface area contributed by atoms with Gasteiger partial charge in [0.05, 0.1) is 4.90 Å². The van der Waals surface area contributed by atoms with Crippen molar-refractivity contribution in [2.24, 2.45) is 0 Å². The van der Waals surface area contributed by atoms with Crippen molar-refractivity contribution in [3.05, 3.63) is 28.7 Å². The van der Waals surface area contributed by atoms with Crippen LogP contribution in [0.25, 0.3) is 0 Å². The van der Waals surface area contributed by atoms with Gasteiger partial charge in [-0.05, 0) is 43.7 Å². The number of nitrogens with one attached hydrogen (secondary N) is 2. The molecule has 0 aromatic heterocycles. The number of hydrogen-bond donors (Lipinski definition) is 2. The van der Waals surface area contributed by atoms with Gasteiger partial charge in [-0.1, -0.05) is 15.9 Å². The van der Waals surface area contributed by atoms with Crippen LogP contribution in [0.4, 0.5) is 0 Å². The molecule has 2 rings (SSSR count). The van der Waals surface area contributed by atoms with Crippen molar-refractivity contribution in [3.63, 3.8) is 0 Å². The van der Waals surface area contributed by atoms with Crippen molar-refractivity contribution in [3.8, 4) is 0 Å². The van der Waals surface area contributed by atoms with Gasteiger partial charge in [-0.2, -0.15) is 0 Å². The molecule has 4 nitrogen and oxygen atoms in total. The second-order valence-electron chi connectivity index (χ2n) is 4.12. The first-order valence-electron chi connectivity index (χ1n) is 5.56. The molecule has 0 saturated carbocycles. The molecule has 6 heteroatoms. The van der Waals surface area contributed by atoms with Gasteiger partial charge < -0.3 is 5.32 Å². The first-order valence-corrected chi connectivity index (χ1v) is 7.84. The van der Waals surface area contributed by atoms with Crippen LogP contribution in [0.2, 0.25) is 0 Å². The monoisotopic (exact) mass is 318 g/mol. The van der Waals surface area contributed by atoms with Crippen LogP contribution in [0.5, 0.6) is 0 Å². The lowest BCUT2D eigenvalue weighted by molar-refractivity contribution is 0.428. The predicted octanol–water partition coefficient (Wildman–Crippen LogP) is 1.48. The molecular weight excluding hydrogens is 304 g/mol. The minimum atomic E-state index is -3.39. The van der Waals surface area contributed by atoms with E-state index in [4.69, 9.17) is 0 Å². The summed E-state index contributed by atoms with van der Waals surface area (Å²) in [5.41, 5.74) is 0. The first-order chi connectivity index (χ1) is 8.08. The molecule has 0 radical (unpaired) electrons. The second-order valence-corrected chi connectivity index (χ2v) is 6.75. The minimum Gasteiger partial charge on any atom is -0.315 e. The van der Waals surface area contributed by atoms with Crippen molar-refractivity contribution < 1.29 is 8.42 Å². The van der Waals surface area contributed by atoms with E-state index < -0.39 is 10.0 Å². The molecule has 1 aliphatic rings. The van der Waals surface area contributed by atoms with Crippen LogP contribution in [0.1, 0.15) is 12.8 Å². The van der Waals surface area contributed by atoms with E-state index in [1.807, 2.05) is 0 Å². The number of benzene rings is 1. The average Bonchev–Trinajstić information content (AvgIpc) is 2.30. The van der Waals surface area contributed by atoms with Gasteiger partial charge in [-0.3, -0.25) is 0 Å². The number of halogens is 1. The fourth-order valence-electron chi connectivity index (χ4n) is 1.85. The van der Waals surface area contributed by atoms with Crippen LogP contribution >= 0.6 is 15.9 Å². The zero-order valence-corrected chi connectivity index (χ0v) is 11.7. The fraction of sp³-hybridized carbons (Fsp3) is 0.455. The molecule has 0 unspecified atom stereocenters. The highest BCUT2D eigenvalue weighted by molar-refractivity contribution is 9.10. The topological polar surface area (TPSA) is 58.2 Å². The molecule has 2 N–H and O–H groups in total. The van der Waals surface area contributed by atoms with E-state index in [2.05, 4.69) is 26.0 Å². The van der Waals surface area contributed by atoms with Crippen molar-refractivity contribution >= 4 is 26.0 Å². The number of sulfonamides is 1. The maximum Gasteiger partial charge on any atom is 0.240 e.